The molecule has 19 heavy (non-hydrogen) atoms. The molecule has 2 aliphatic heterocycles. The normalized spacial score (nSPS) is 27.0. The molecule has 106 valence electrons. The van der Waals surface area contributed by atoms with Crippen LogP contribution in [0.15, 0.2) is 0 Å². The molecule has 0 aliphatic carbocycles. The van der Waals surface area contributed by atoms with E-state index in [-0.39, 0.29) is 30.2 Å². The Bertz CT molecular complexity index is 383. The molecule has 2 heterocycles. The van der Waals surface area contributed by atoms with E-state index in [2.05, 4.69) is 10.1 Å². The molecule has 6 nitrogen and oxygen atoms in total. The maximum atomic E-state index is 12.4. The van der Waals surface area contributed by atoms with Crippen LogP contribution in [0.4, 0.5) is 0 Å². The van der Waals surface area contributed by atoms with E-state index in [1.54, 1.807) is 4.90 Å². The molecule has 2 saturated heterocycles. The van der Waals surface area contributed by atoms with Crippen molar-refractivity contribution in [1.82, 2.24) is 10.2 Å². The molecule has 2 rings (SSSR count). The fraction of sp³-hybridized carbons (Fsp3) is 0.769. The molecule has 0 spiro atoms. The molecule has 0 bridgehead atoms. The van der Waals surface area contributed by atoms with E-state index in [0.717, 1.165) is 19.3 Å². The van der Waals surface area contributed by atoms with E-state index in [0.29, 0.717) is 19.4 Å². The zero-order valence-electron chi connectivity index (χ0n) is 11.2. The van der Waals surface area contributed by atoms with Crippen molar-refractivity contribution in [3.63, 3.8) is 0 Å². The molecule has 0 radical (unpaired) electrons. The third-order valence-corrected chi connectivity index (χ3v) is 3.83. The smallest absolute Gasteiger partial charge is 0.307 e. The Morgan fingerprint density at radius 3 is 2.79 bits per heavy atom. The number of carbonyl (C=O) groups is 3. The first-order chi connectivity index (χ1) is 9.11. The van der Waals surface area contributed by atoms with Crippen molar-refractivity contribution >= 4 is 17.8 Å². The van der Waals surface area contributed by atoms with E-state index in [9.17, 15) is 14.4 Å². The number of amides is 2. The second kappa shape index (κ2) is 6.04. The lowest BCUT2D eigenvalue weighted by molar-refractivity contribution is -0.145. The molecule has 2 unspecified atom stereocenters. The van der Waals surface area contributed by atoms with Crippen molar-refractivity contribution < 1.29 is 19.1 Å². The summed E-state index contributed by atoms with van der Waals surface area (Å²) in [4.78, 5) is 36.7. The molecule has 2 amide bonds. The van der Waals surface area contributed by atoms with Crippen molar-refractivity contribution in [1.29, 1.82) is 0 Å². The number of methoxy groups -OCH3 is 1. The number of nitrogens with zero attached hydrogens (tertiary/aromatic N) is 1. The Hall–Kier alpha value is -1.59. The second-order valence-corrected chi connectivity index (χ2v) is 5.12. The summed E-state index contributed by atoms with van der Waals surface area (Å²) >= 11 is 0. The lowest BCUT2D eigenvalue weighted by Crippen LogP contribution is -2.51. The standard InChI is InChI=1S/C13H20N2O4/c1-19-12(17)8-9-4-2-3-7-15(9)13(18)10-5-6-11(16)14-10/h9-10H,2-8H2,1H3,(H,14,16). The van der Waals surface area contributed by atoms with E-state index in [1.165, 1.54) is 7.11 Å². The van der Waals surface area contributed by atoms with Gasteiger partial charge in [-0.05, 0) is 25.7 Å². The van der Waals surface area contributed by atoms with E-state index < -0.39 is 6.04 Å². The number of esters is 1. The zero-order chi connectivity index (χ0) is 13.8. The first-order valence-corrected chi connectivity index (χ1v) is 6.78. The minimum absolute atomic E-state index is 0.0561. The number of carbonyl (C=O) groups excluding carboxylic acids is 3. The third-order valence-electron chi connectivity index (χ3n) is 3.83. The number of nitrogens with one attached hydrogen (secondary N) is 1. The lowest BCUT2D eigenvalue weighted by atomic mass is 9.98. The number of hydrogen-bond acceptors (Lipinski definition) is 4. The molecule has 2 aliphatic rings. The van der Waals surface area contributed by atoms with Gasteiger partial charge in [0.15, 0.2) is 0 Å². The molecule has 6 heteroatoms. The average molecular weight is 268 g/mol. The quantitative estimate of drug-likeness (QED) is 0.742. The predicted octanol–water partition coefficient (Wildman–Crippen LogP) is 0.209. The van der Waals surface area contributed by atoms with Crippen LogP contribution in [0.3, 0.4) is 0 Å². The summed E-state index contributed by atoms with van der Waals surface area (Å²) < 4.78 is 4.68. The number of rotatable bonds is 3. The summed E-state index contributed by atoms with van der Waals surface area (Å²) in [6.07, 6.45) is 3.99. The highest BCUT2D eigenvalue weighted by molar-refractivity contribution is 5.91. The number of ether oxygens (including phenoxy) is 1. The van der Waals surface area contributed by atoms with Crippen LogP contribution in [0, 0.1) is 0 Å². The van der Waals surface area contributed by atoms with Crippen molar-refractivity contribution in [3.05, 3.63) is 0 Å². The summed E-state index contributed by atoms with van der Waals surface area (Å²) in [6, 6.07) is -0.503. The van der Waals surface area contributed by atoms with Crippen LogP contribution in [-0.2, 0) is 19.1 Å². The minimum Gasteiger partial charge on any atom is -0.469 e. The van der Waals surface area contributed by atoms with Crippen LogP contribution in [0.2, 0.25) is 0 Å². The fourth-order valence-electron chi connectivity index (χ4n) is 2.78. The maximum absolute atomic E-state index is 12.4. The van der Waals surface area contributed by atoms with Gasteiger partial charge in [-0.1, -0.05) is 0 Å². The average Bonchev–Trinajstić information content (AvgIpc) is 2.85. The van der Waals surface area contributed by atoms with Gasteiger partial charge in [-0.3, -0.25) is 14.4 Å². The molecule has 0 aromatic rings. The van der Waals surface area contributed by atoms with E-state index >= 15 is 0 Å². The van der Waals surface area contributed by atoms with Gasteiger partial charge in [-0.15, -0.1) is 0 Å². The summed E-state index contributed by atoms with van der Waals surface area (Å²) in [5, 5.41) is 2.69. The third kappa shape index (κ3) is 3.24. The Kier molecular flexibility index (Phi) is 4.39. The van der Waals surface area contributed by atoms with Gasteiger partial charge >= 0.3 is 5.97 Å². The van der Waals surface area contributed by atoms with Gasteiger partial charge in [0.25, 0.3) is 0 Å². The molecular formula is C13H20N2O4. The number of hydrogen-bond donors (Lipinski definition) is 1. The number of piperidine rings is 1. The van der Waals surface area contributed by atoms with Crippen LogP contribution < -0.4 is 5.32 Å². The Balaban J connectivity index is 2.00. The maximum Gasteiger partial charge on any atom is 0.307 e. The minimum atomic E-state index is -0.411. The SMILES string of the molecule is COC(=O)CC1CCCCN1C(=O)C1CCC(=O)N1. The first kappa shape index (κ1) is 13.8. The van der Waals surface area contributed by atoms with Gasteiger partial charge in [-0.25, -0.2) is 0 Å². The van der Waals surface area contributed by atoms with E-state index in [1.807, 2.05) is 0 Å². The van der Waals surface area contributed by atoms with Crippen LogP contribution in [0.1, 0.15) is 38.5 Å². The predicted molar refractivity (Wildman–Crippen MR) is 67.1 cm³/mol. The highest BCUT2D eigenvalue weighted by Gasteiger charge is 2.35. The van der Waals surface area contributed by atoms with Gasteiger partial charge < -0.3 is 15.0 Å². The fourth-order valence-corrected chi connectivity index (χ4v) is 2.78. The van der Waals surface area contributed by atoms with Crippen LogP contribution >= 0.6 is 0 Å². The van der Waals surface area contributed by atoms with Gasteiger partial charge in [0.2, 0.25) is 11.8 Å². The van der Waals surface area contributed by atoms with Crippen molar-refractivity contribution in [2.75, 3.05) is 13.7 Å². The molecule has 0 aromatic heterocycles. The Labute approximate surface area is 112 Å². The Morgan fingerprint density at radius 2 is 2.16 bits per heavy atom. The molecule has 0 saturated carbocycles. The van der Waals surface area contributed by atoms with Crippen LogP contribution in [0.5, 0.6) is 0 Å². The molecule has 0 aromatic carbocycles. The van der Waals surface area contributed by atoms with Gasteiger partial charge in [-0.2, -0.15) is 0 Å². The number of likely N-dealkylation sites (tertiary alicyclic amines) is 1. The monoisotopic (exact) mass is 268 g/mol. The van der Waals surface area contributed by atoms with Crippen LogP contribution in [0.25, 0.3) is 0 Å². The first-order valence-electron chi connectivity index (χ1n) is 6.78. The zero-order valence-corrected chi connectivity index (χ0v) is 11.2. The van der Waals surface area contributed by atoms with Crippen LogP contribution in [-0.4, -0.2) is 48.4 Å². The highest BCUT2D eigenvalue weighted by atomic mass is 16.5. The van der Waals surface area contributed by atoms with Gasteiger partial charge in [0, 0.05) is 19.0 Å². The lowest BCUT2D eigenvalue weighted by Gasteiger charge is -2.36. The molecule has 2 atom stereocenters. The summed E-state index contributed by atoms with van der Waals surface area (Å²) in [5.41, 5.74) is 0. The molecule has 2 fully saturated rings. The van der Waals surface area contributed by atoms with E-state index in [4.69, 9.17) is 0 Å². The van der Waals surface area contributed by atoms with Crippen molar-refractivity contribution in [3.8, 4) is 0 Å². The summed E-state index contributed by atoms with van der Waals surface area (Å²) in [5.74, 6) is -0.417. The molecule has 1 N–H and O–H groups in total. The topological polar surface area (TPSA) is 75.7 Å². The van der Waals surface area contributed by atoms with Gasteiger partial charge in [0.1, 0.15) is 6.04 Å². The summed E-state index contributed by atoms with van der Waals surface area (Å²) in [7, 11) is 1.36. The Morgan fingerprint density at radius 1 is 1.37 bits per heavy atom. The van der Waals surface area contributed by atoms with Crippen molar-refractivity contribution in [2.45, 2.75) is 50.6 Å². The largest absolute Gasteiger partial charge is 0.469 e. The molecular weight excluding hydrogens is 248 g/mol. The van der Waals surface area contributed by atoms with Crippen molar-refractivity contribution in [2.24, 2.45) is 0 Å². The second-order valence-electron chi connectivity index (χ2n) is 5.12. The summed E-state index contributed by atoms with van der Waals surface area (Å²) in [6.45, 7) is 0.660. The van der Waals surface area contributed by atoms with Gasteiger partial charge in [0.05, 0.1) is 13.5 Å². The highest BCUT2D eigenvalue weighted by Crippen LogP contribution is 2.22.